The van der Waals surface area contributed by atoms with Crippen LogP contribution < -0.4 is 0 Å². The fourth-order valence-corrected chi connectivity index (χ4v) is 2.62. The zero-order valence-electron chi connectivity index (χ0n) is 10.4. The SMILES string of the molecule is CC(C)O[C@@H]1C[C@@H](C)CC[C@H]1C(C)C. The van der Waals surface area contributed by atoms with Crippen LogP contribution in [0.2, 0.25) is 0 Å². The first kappa shape index (κ1) is 12.0. The zero-order valence-corrected chi connectivity index (χ0v) is 10.4. The summed E-state index contributed by atoms with van der Waals surface area (Å²) in [4.78, 5) is 0. The van der Waals surface area contributed by atoms with Crippen molar-refractivity contribution < 1.29 is 4.74 Å². The molecule has 1 aliphatic rings. The minimum absolute atomic E-state index is 0.381. The summed E-state index contributed by atoms with van der Waals surface area (Å²) >= 11 is 0. The molecule has 84 valence electrons. The molecule has 1 nitrogen and oxygen atoms in total. The van der Waals surface area contributed by atoms with Crippen LogP contribution >= 0.6 is 0 Å². The fourth-order valence-electron chi connectivity index (χ4n) is 2.62. The van der Waals surface area contributed by atoms with Crippen LogP contribution in [0, 0.1) is 17.8 Å². The predicted octanol–water partition coefficient (Wildman–Crippen LogP) is 3.87. The molecule has 1 rings (SSSR count). The fraction of sp³-hybridized carbons (Fsp3) is 1.00. The van der Waals surface area contributed by atoms with E-state index in [9.17, 15) is 0 Å². The molecule has 1 saturated carbocycles. The molecular weight excluding hydrogens is 172 g/mol. The second-order valence-corrected chi connectivity index (χ2v) is 5.55. The molecule has 0 aromatic carbocycles. The normalized spacial score (nSPS) is 34.1. The largest absolute Gasteiger partial charge is 0.375 e. The lowest BCUT2D eigenvalue weighted by Crippen LogP contribution is -2.35. The van der Waals surface area contributed by atoms with Crippen LogP contribution in [0.15, 0.2) is 0 Å². The van der Waals surface area contributed by atoms with Gasteiger partial charge in [-0.2, -0.15) is 0 Å². The van der Waals surface area contributed by atoms with Gasteiger partial charge in [-0.1, -0.05) is 27.2 Å². The van der Waals surface area contributed by atoms with E-state index in [1.807, 2.05) is 0 Å². The number of rotatable bonds is 3. The van der Waals surface area contributed by atoms with E-state index in [1.54, 1.807) is 0 Å². The van der Waals surface area contributed by atoms with E-state index < -0.39 is 0 Å². The summed E-state index contributed by atoms with van der Waals surface area (Å²) < 4.78 is 6.04. The van der Waals surface area contributed by atoms with Gasteiger partial charge < -0.3 is 4.74 Å². The molecule has 1 heteroatoms. The maximum absolute atomic E-state index is 6.04. The van der Waals surface area contributed by atoms with Crippen molar-refractivity contribution >= 4 is 0 Å². The first-order valence-corrected chi connectivity index (χ1v) is 6.16. The van der Waals surface area contributed by atoms with Crippen LogP contribution in [0.1, 0.15) is 53.9 Å². The van der Waals surface area contributed by atoms with E-state index in [-0.39, 0.29) is 0 Å². The molecule has 0 aromatic heterocycles. The van der Waals surface area contributed by atoms with Crippen molar-refractivity contribution in [2.45, 2.75) is 66.1 Å². The predicted molar refractivity (Wildman–Crippen MR) is 61.4 cm³/mol. The molecule has 1 fully saturated rings. The average molecular weight is 198 g/mol. The molecule has 3 atom stereocenters. The van der Waals surface area contributed by atoms with Crippen molar-refractivity contribution in [1.82, 2.24) is 0 Å². The molecule has 0 spiro atoms. The molecule has 0 N–H and O–H groups in total. The van der Waals surface area contributed by atoms with E-state index >= 15 is 0 Å². The Morgan fingerprint density at radius 3 is 2.21 bits per heavy atom. The van der Waals surface area contributed by atoms with E-state index in [1.165, 1.54) is 19.3 Å². The maximum atomic E-state index is 6.04. The van der Waals surface area contributed by atoms with Crippen LogP contribution in [0.4, 0.5) is 0 Å². The minimum atomic E-state index is 0.381. The Bertz CT molecular complexity index is 161. The number of ether oxygens (including phenoxy) is 1. The number of hydrogen-bond acceptors (Lipinski definition) is 1. The van der Waals surface area contributed by atoms with Crippen molar-refractivity contribution in [2.75, 3.05) is 0 Å². The van der Waals surface area contributed by atoms with Crippen molar-refractivity contribution in [1.29, 1.82) is 0 Å². The third-order valence-electron chi connectivity index (χ3n) is 3.41. The summed E-state index contributed by atoms with van der Waals surface area (Å²) in [6.07, 6.45) is 4.91. The summed E-state index contributed by atoms with van der Waals surface area (Å²) in [5.41, 5.74) is 0. The van der Waals surface area contributed by atoms with E-state index in [0.29, 0.717) is 12.2 Å². The van der Waals surface area contributed by atoms with Gasteiger partial charge in [0.15, 0.2) is 0 Å². The third kappa shape index (κ3) is 3.27. The molecule has 14 heavy (non-hydrogen) atoms. The maximum Gasteiger partial charge on any atom is 0.0611 e. The van der Waals surface area contributed by atoms with E-state index in [2.05, 4.69) is 34.6 Å². The van der Waals surface area contributed by atoms with Gasteiger partial charge in [-0.15, -0.1) is 0 Å². The zero-order chi connectivity index (χ0) is 10.7. The molecular formula is C13H26O. The van der Waals surface area contributed by atoms with Gasteiger partial charge in [0, 0.05) is 0 Å². The molecule has 0 unspecified atom stereocenters. The van der Waals surface area contributed by atoms with E-state index in [0.717, 1.165) is 17.8 Å². The minimum Gasteiger partial charge on any atom is -0.375 e. The van der Waals surface area contributed by atoms with Gasteiger partial charge in [0.25, 0.3) is 0 Å². The van der Waals surface area contributed by atoms with Gasteiger partial charge in [-0.25, -0.2) is 0 Å². The first-order valence-electron chi connectivity index (χ1n) is 6.16. The number of hydrogen-bond donors (Lipinski definition) is 0. The Morgan fingerprint density at radius 2 is 1.71 bits per heavy atom. The Balaban J connectivity index is 2.54. The molecule has 0 heterocycles. The van der Waals surface area contributed by atoms with Crippen LogP contribution in [0.25, 0.3) is 0 Å². The molecule has 0 aromatic rings. The summed E-state index contributed by atoms with van der Waals surface area (Å²) in [6.45, 7) is 11.3. The topological polar surface area (TPSA) is 9.23 Å². The molecule has 0 radical (unpaired) electrons. The second-order valence-electron chi connectivity index (χ2n) is 5.55. The summed E-state index contributed by atoms with van der Waals surface area (Å²) in [5.74, 6) is 2.41. The second kappa shape index (κ2) is 5.16. The highest BCUT2D eigenvalue weighted by Crippen LogP contribution is 2.35. The lowest BCUT2D eigenvalue weighted by atomic mass is 9.75. The van der Waals surface area contributed by atoms with E-state index in [4.69, 9.17) is 4.74 Å². The Hall–Kier alpha value is -0.0400. The monoisotopic (exact) mass is 198 g/mol. The van der Waals surface area contributed by atoms with Crippen molar-refractivity contribution in [3.05, 3.63) is 0 Å². The summed E-state index contributed by atoms with van der Waals surface area (Å²) in [7, 11) is 0. The Labute approximate surface area is 89.2 Å². The lowest BCUT2D eigenvalue weighted by Gasteiger charge is -2.38. The molecule has 1 aliphatic carbocycles. The quantitative estimate of drug-likeness (QED) is 0.669. The first-order chi connectivity index (χ1) is 6.50. The highest BCUT2D eigenvalue weighted by molar-refractivity contribution is 4.81. The van der Waals surface area contributed by atoms with Crippen molar-refractivity contribution in [3.63, 3.8) is 0 Å². The van der Waals surface area contributed by atoms with Gasteiger partial charge in [-0.3, -0.25) is 0 Å². The Kier molecular flexibility index (Phi) is 4.43. The standard InChI is InChI=1S/C13H26O/c1-9(2)12-7-6-11(5)8-13(12)14-10(3)4/h9-13H,6-8H2,1-5H3/t11-,12-,13+/m0/s1. The lowest BCUT2D eigenvalue weighted by molar-refractivity contribution is -0.0672. The molecule has 0 amide bonds. The highest BCUT2D eigenvalue weighted by Gasteiger charge is 2.31. The van der Waals surface area contributed by atoms with Gasteiger partial charge in [0.05, 0.1) is 12.2 Å². The van der Waals surface area contributed by atoms with Gasteiger partial charge in [-0.05, 0) is 44.4 Å². The van der Waals surface area contributed by atoms with Crippen molar-refractivity contribution in [3.8, 4) is 0 Å². The van der Waals surface area contributed by atoms with Crippen molar-refractivity contribution in [2.24, 2.45) is 17.8 Å². The highest BCUT2D eigenvalue weighted by atomic mass is 16.5. The summed E-state index contributed by atoms with van der Waals surface area (Å²) in [6, 6.07) is 0. The van der Waals surface area contributed by atoms with Gasteiger partial charge in [0.2, 0.25) is 0 Å². The van der Waals surface area contributed by atoms with Crippen LogP contribution in [0.5, 0.6) is 0 Å². The van der Waals surface area contributed by atoms with Crippen LogP contribution in [-0.2, 0) is 4.74 Å². The van der Waals surface area contributed by atoms with Gasteiger partial charge in [0.1, 0.15) is 0 Å². The summed E-state index contributed by atoms with van der Waals surface area (Å²) in [5, 5.41) is 0. The van der Waals surface area contributed by atoms with Crippen LogP contribution in [-0.4, -0.2) is 12.2 Å². The van der Waals surface area contributed by atoms with Gasteiger partial charge >= 0.3 is 0 Å². The Morgan fingerprint density at radius 1 is 1.07 bits per heavy atom. The molecule has 0 bridgehead atoms. The molecule has 0 saturated heterocycles. The average Bonchev–Trinajstić information content (AvgIpc) is 2.01. The molecule has 0 aliphatic heterocycles. The van der Waals surface area contributed by atoms with Crippen LogP contribution in [0.3, 0.4) is 0 Å². The third-order valence-corrected chi connectivity index (χ3v) is 3.41. The smallest absolute Gasteiger partial charge is 0.0611 e.